The molecule has 9 nitrogen and oxygen atoms in total. The number of carbonyl (C=O) groups excluding carboxylic acids is 2. The number of dihydropyridines is 1. The smallest absolute Gasteiger partial charge is 0.338 e. The number of rotatable bonds is 8. The van der Waals surface area contributed by atoms with Crippen molar-refractivity contribution in [1.82, 2.24) is 14.9 Å². The second-order valence-corrected chi connectivity index (χ2v) is 9.89. The van der Waals surface area contributed by atoms with E-state index in [2.05, 4.69) is 27.2 Å². The normalized spacial score (nSPS) is 16.7. The van der Waals surface area contributed by atoms with Crippen molar-refractivity contribution in [2.45, 2.75) is 26.4 Å². The van der Waals surface area contributed by atoms with Crippen LogP contribution in [0.25, 0.3) is 6.08 Å². The fraction of sp³-hybridized carbons (Fsp3) is 0.207. The zero-order valence-corrected chi connectivity index (χ0v) is 22.7. The first-order valence-corrected chi connectivity index (χ1v) is 13.2. The van der Waals surface area contributed by atoms with Crippen molar-refractivity contribution in [2.75, 3.05) is 22.7 Å². The number of aromatic nitrogens is 2. The molecule has 0 saturated carbocycles. The Kier molecular flexibility index (Phi) is 7.74. The van der Waals surface area contributed by atoms with Crippen LogP contribution in [0.15, 0.2) is 95.9 Å². The van der Waals surface area contributed by atoms with Gasteiger partial charge in [0.15, 0.2) is 0 Å². The molecule has 2 aliphatic heterocycles. The Hall–Kier alpha value is -4.44. The Bertz CT molecular complexity index is 1460. The molecular formula is C29H29N5O4S. The summed E-state index contributed by atoms with van der Waals surface area (Å²) in [4.78, 5) is 30.4. The third kappa shape index (κ3) is 5.56. The molecule has 0 fully saturated rings. The van der Waals surface area contributed by atoms with Crippen molar-refractivity contribution in [3.8, 4) is 0 Å². The van der Waals surface area contributed by atoms with Crippen molar-refractivity contribution in [3.63, 3.8) is 0 Å². The number of esters is 2. The van der Waals surface area contributed by atoms with E-state index >= 15 is 0 Å². The number of methoxy groups -OCH3 is 1. The second kappa shape index (κ2) is 11.5. The quantitative estimate of drug-likeness (QED) is 0.310. The standard InChI is InChI=1S/C29H29N5O4S/c1-19-25(28(35)37-3)27(34-24-9-5-4-8-23(24)32-39-34)26(20(2)31-19)29(36)38-16-6-7-21-10-12-22(13-11-21)17-33-15-14-30-18-33/h4-15,18,27,31-32H,16-17H2,1-3H3. The van der Waals surface area contributed by atoms with Crippen LogP contribution >= 0.6 is 12.1 Å². The molecule has 2 aromatic carbocycles. The summed E-state index contributed by atoms with van der Waals surface area (Å²) in [5, 5.41) is 3.17. The van der Waals surface area contributed by atoms with Gasteiger partial charge in [-0.15, -0.1) is 0 Å². The van der Waals surface area contributed by atoms with Gasteiger partial charge in [-0.1, -0.05) is 42.5 Å². The van der Waals surface area contributed by atoms with Gasteiger partial charge < -0.3 is 24.1 Å². The molecule has 0 spiro atoms. The molecular weight excluding hydrogens is 514 g/mol. The highest BCUT2D eigenvalue weighted by Gasteiger charge is 2.43. The monoisotopic (exact) mass is 543 g/mol. The van der Waals surface area contributed by atoms with Gasteiger partial charge in [0, 0.05) is 30.3 Å². The second-order valence-electron chi connectivity index (χ2n) is 9.11. The lowest BCUT2D eigenvalue weighted by molar-refractivity contribution is -0.138. The third-order valence-corrected chi connectivity index (χ3v) is 7.43. The first-order chi connectivity index (χ1) is 19.0. The van der Waals surface area contributed by atoms with Crippen LogP contribution in [0.4, 0.5) is 11.4 Å². The molecule has 200 valence electrons. The number of allylic oxidation sites excluding steroid dienone is 2. The highest BCUT2D eigenvalue weighted by molar-refractivity contribution is 8.02. The average Bonchev–Trinajstić information content (AvgIpc) is 3.61. The zero-order chi connectivity index (χ0) is 27.4. The molecule has 2 aliphatic rings. The van der Waals surface area contributed by atoms with Crippen LogP contribution in [-0.4, -0.2) is 41.2 Å². The van der Waals surface area contributed by atoms with Gasteiger partial charge in [-0.3, -0.25) is 4.31 Å². The Morgan fingerprint density at radius 1 is 1.05 bits per heavy atom. The topological polar surface area (TPSA) is 97.7 Å². The van der Waals surface area contributed by atoms with Gasteiger partial charge in [0.1, 0.15) is 12.6 Å². The average molecular weight is 544 g/mol. The molecule has 1 unspecified atom stereocenters. The Morgan fingerprint density at radius 2 is 1.79 bits per heavy atom. The SMILES string of the molecule is COC(=O)C1=C(C)NC(C)=C(C(=O)OCC=Cc2ccc(Cn3ccnc3)cc2)C1N1SNc2ccccc21. The Labute approximate surface area is 231 Å². The maximum atomic E-state index is 13.5. The molecule has 3 heterocycles. The maximum absolute atomic E-state index is 13.5. The summed E-state index contributed by atoms with van der Waals surface area (Å²) in [6.45, 7) is 4.44. The number of anilines is 2. The minimum absolute atomic E-state index is 0.0807. The largest absolute Gasteiger partial charge is 0.466 e. The minimum atomic E-state index is -0.709. The lowest BCUT2D eigenvalue weighted by Gasteiger charge is -2.35. The molecule has 39 heavy (non-hydrogen) atoms. The summed E-state index contributed by atoms with van der Waals surface area (Å²) in [6.07, 6.45) is 9.18. The van der Waals surface area contributed by atoms with E-state index in [-0.39, 0.29) is 6.61 Å². The van der Waals surface area contributed by atoms with Gasteiger partial charge in [-0.05, 0) is 43.2 Å². The van der Waals surface area contributed by atoms with Crippen molar-refractivity contribution in [1.29, 1.82) is 0 Å². The van der Waals surface area contributed by atoms with Crippen LogP contribution in [0.3, 0.4) is 0 Å². The number of nitrogens with one attached hydrogen (secondary N) is 2. The first kappa shape index (κ1) is 26.2. The van der Waals surface area contributed by atoms with Crippen molar-refractivity contribution < 1.29 is 19.1 Å². The van der Waals surface area contributed by atoms with Crippen LogP contribution in [0, 0.1) is 0 Å². The number of hydrogen-bond donors (Lipinski definition) is 2. The number of ether oxygens (including phenoxy) is 2. The van der Waals surface area contributed by atoms with Gasteiger partial charge in [0.05, 0.1) is 48.1 Å². The van der Waals surface area contributed by atoms with Crippen LogP contribution < -0.4 is 14.3 Å². The number of imidazole rings is 1. The van der Waals surface area contributed by atoms with Gasteiger partial charge >= 0.3 is 11.9 Å². The van der Waals surface area contributed by atoms with E-state index in [1.54, 1.807) is 25.5 Å². The van der Waals surface area contributed by atoms with Crippen molar-refractivity contribution in [3.05, 3.63) is 107 Å². The summed E-state index contributed by atoms with van der Waals surface area (Å²) in [6, 6.07) is 15.2. The molecule has 3 aromatic rings. The minimum Gasteiger partial charge on any atom is -0.466 e. The Morgan fingerprint density at radius 3 is 2.51 bits per heavy atom. The summed E-state index contributed by atoms with van der Waals surface area (Å²) < 4.78 is 18.0. The highest BCUT2D eigenvalue weighted by Crippen LogP contribution is 2.45. The first-order valence-electron chi connectivity index (χ1n) is 12.4. The van der Waals surface area contributed by atoms with E-state index in [1.807, 2.05) is 64.5 Å². The molecule has 1 atom stereocenters. The van der Waals surface area contributed by atoms with Gasteiger partial charge in [-0.2, -0.15) is 0 Å². The molecule has 0 radical (unpaired) electrons. The number of para-hydroxylation sites is 2. The summed E-state index contributed by atoms with van der Waals surface area (Å²) in [5.41, 5.74) is 5.87. The summed E-state index contributed by atoms with van der Waals surface area (Å²) in [7, 11) is 1.33. The van der Waals surface area contributed by atoms with Crippen LogP contribution in [0.5, 0.6) is 0 Å². The fourth-order valence-electron chi connectivity index (χ4n) is 4.65. The summed E-state index contributed by atoms with van der Waals surface area (Å²) in [5.74, 6) is -1.02. The molecule has 0 amide bonds. The Balaban J connectivity index is 1.31. The lowest BCUT2D eigenvalue weighted by Crippen LogP contribution is -2.44. The van der Waals surface area contributed by atoms with Gasteiger partial charge in [0.25, 0.3) is 0 Å². The van der Waals surface area contributed by atoms with E-state index in [0.717, 1.165) is 29.0 Å². The predicted molar refractivity (Wildman–Crippen MR) is 152 cm³/mol. The molecule has 0 bridgehead atoms. The zero-order valence-electron chi connectivity index (χ0n) is 21.9. The molecule has 0 aliphatic carbocycles. The number of carbonyl (C=O) groups is 2. The predicted octanol–water partition coefficient (Wildman–Crippen LogP) is 4.68. The molecule has 10 heteroatoms. The van der Waals surface area contributed by atoms with Crippen molar-refractivity contribution in [2.24, 2.45) is 0 Å². The van der Waals surface area contributed by atoms with E-state index in [9.17, 15) is 9.59 Å². The third-order valence-electron chi connectivity index (χ3n) is 6.51. The number of fused-ring (bicyclic) bond motifs is 1. The molecule has 1 aromatic heterocycles. The van der Waals surface area contributed by atoms with Crippen molar-refractivity contribution >= 4 is 41.5 Å². The van der Waals surface area contributed by atoms with E-state index < -0.39 is 18.0 Å². The van der Waals surface area contributed by atoms with E-state index in [0.29, 0.717) is 22.5 Å². The molecule has 2 N–H and O–H groups in total. The highest BCUT2D eigenvalue weighted by atomic mass is 32.2. The number of hydrogen-bond acceptors (Lipinski definition) is 9. The van der Waals surface area contributed by atoms with Crippen LogP contribution in [-0.2, 0) is 25.6 Å². The lowest BCUT2D eigenvalue weighted by atomic mass is 9.91. The number of nitrogens with zero attached hydrogens (tertiary/aromatic N) is 3. The maximum Gasteiger partial charge on any atom is 0.338 e. The molecule has 0 saturated heterocycles. The van der Waals surface area contributed by atoms with Crippen LogP contribution in [0.1, 0.15) is 25.0 Å². The van der Waals surface area contributed by atoms with E-state index in [1.165, 1.54) is 19.2 Å². The summed E-state index contributed by atoms with van der Waals surface area (Å²) >= 11 is 1.31. The molecule has 5 rings (SSSR count). The number of benzene rings is 2. The van der Waals surface area contributed by atoms with Gasteiger partial charge in [0.2, 0.25) is 0 Å². The van der Waals surface area contributed by atoms with E-state index in [4.69, 9.17) is 9.47 Å². The van der Waals surface area contributed by atoms with Crippen LogP contribution in [0.2, 0.25) is 0 Å². The van der Waals surface area contributed by atoms with Gasteiger partial charge in [-0.25, -0.2) is 14.6 Å². The fourth-order valence-corrected chi connectivity index (χ4v) is 5.59.